The molecule has 9 aromatic rings. The monoisotopic (exact) mass is 631 g/mol. The zero-order valence-corrected chi connectivity index (χ0v) is 26.5. The fourth-order valence-corrected chi connectivity index (χ4v) is 6.69. The predicted octanol–water partition coefficient (Wildman–Crippen LogP) is 11.7. The van der Waals surface area contributed by atoms with Crippen LogP contribution in [-0.2, 0) is 6.42 Å². The Balaban J connectivity index is 1.34. The van der Waals surface area contributed by atoms with Gasteiger partial charge in [0.2, 0.25) is 0 Å². The molecule has 0 saturated heterocycles. The second-order valence-corrected chi connectivity index (χ2v) is 12.0. The molecule has 0 aliphatic rings. The van der Waals surface area contributed by atoms with E-state index < -0.39 is 0 Å². The van der Waals surface area contributed by atoms with E-state index in [0.717, 1.165) is 76.9 Å². The van der Waals surface area contributed by atoms with Gasteiger partial charge in [-0.2, -0.15) is 0 Å². The van der Waals surface area contributed by atoms with Crippen LogP contribution in [0.1, 0.15) is 5.56 Å². The van der Waals surface area contributed by atoms with Crippen molar-refractivity contribution in [2.75, 3.05) is 0 Å². The van der Waals surface area contributed by atoms with Crippen molar-refractivity contribution in [3.8, 4) is 34.2 Å². The number of furan rings is 2. The van der Waals surface area contributed by atoms with Crippen LogP contribution in [0.5, 0.6) is 0 Å². The molecular weight excluding hydrogens is 603 g/mol. The van der Waals surface area contributed by atoms with E-state index in [-0.39, 0.29) is 0 Å². The first-order valence-electron chi connectivity index (χ1n) is 16.3. The quantitative estimate of drug-likeness (QED) is 0.164. The van der Waals surface area contributed by atoms with Gasteiger partial charge < -0.3 is 8.83 Å². The molecule has 232 valence electrons. The lowest BCUT2D eigenvalue weighted by atomic mass is 9.97. The standard InChI is InChI=1S/C44H29N3O2/c1-2-3-4-5-6-15-29-25-26-38-40(34-18-10-12-22-37(34)48-38)39(29)44-46-42(31-24-23-28-14-7-8-16-30(28)27-31)45-43(47-44)35-20-13-19-33-32-17-9-11-21-36(32)49-41(33)35/h2-14,16-27H,1,15H2/b4-3-,6-5-. The van der Waals surface area contributed by atoms with Gasteiger partial charge in [-0.3, -0.25) is 0 Å². The van der Waals surface area contributed by atoms with Crippen molar-refractivity contribution >= 4 is 54.6 Å². The summed E-state index contributed by atoms with van der Waals surface area (Å²) in [6, 6.07) is 41.2. The second kappa shape index (κ2) is 11.9. The van der Waals surface area contributed by atoms with E-state index in [1.807, 2.05) is 85.0 Å². The Hall–Kier alpha value is -6.59. The van der Waals surface area contributed by atoms with Crippen molar-refractivity contribution < 1.29 is 8.83 Å². The van der Waals surface area contributed by atoms with Gasteiger partial charge in [-0.15, -0.1) is 0 Å². The number of hydrogen-bond acceptors (Lipinski definition) is 5. The van der Waals surface area contributed by atoms with E-state index in [2.05, 4.69) is 67.3 Å². The van der Waals surface area contributed by atoms with Crippen LogP contribution in [0.15, 0.2) is 167 Å². The summed E-state index contributed by atoms with van der Waals surface area (Å²) >= 11 is 0. The fourth-order valence-electron chi connectivity index (χ4n) is 6.69. The Morgan fingerprint density at radius 3 is 2.16 bits per heavy atom. The third kappa shape index (κ3) is 5.00. The maximum Gasteiger partial charge on any atom is 0.167 e. The maximum atomic E-state index is 6.47. The minimum atomic E-state index is 0.540. The first kappa shape index (κ1) is 28.6. The molecule has 49 heavy (non-hydrogen) atoms. The molecule has 0 saturated carbocycles. The van der Waals surface area contributed by atoms with Gasteiger partial charge in [0.25, 0.3) is 0 Å². The number of para-hydroxylation sites is 3. The lowest BCUT2D eigenvalue weighted by Crippen LogP contribution is -2.02. The number of hydrogen-bond donors (Lipinski definition) is 0. The van der Waals surface area contributed by atoms with Gasteiger partial charge in [0.05, 0.1) is 5.56 Å². The normalized spacial score (nSPS) is 12.1. The zero-order chi connectivity index (χ0) is 32.7. The summed E-state index contributed by atoms with van der Waals surface area (Å²) in [5, 5.41) is 6.33. The Bertz CT molecular complexity index is 2780. The predicted molar refractivity (Wildman–Crippen MR) is 200 cm³/mol. The lowest BCUT2D eigenvalue weighted by molar-refractivity contribution is 0.668. The fraction of sp³-hybridized carbons (Fsp3) is 0.0227. The molecule has 0 bridgehead atoms. The first-order valence-corrected chi connectivity index (χ1v) is 16.3. The lowest BCUT2D eigenvalue weighted by Gasteiger charge is -2.13. The van der Waals surface area contributed by atoms with E-state index >= 15 is 0 Å². The van der Waals surface area contributed by atoms with E-state index in [9.17, 15) is 0 Å². The summed E-state index contributed by atoms with van der Waals surface area (Å²) in [5.74, 6) is 1.69. The van der Waals surface area contributed by atoms with Crippen molar-refractivity contribution in [2.45, 2.75) is 6.42 Å². The molecule has 0 aliphatic carbocycles. The molecule has 9 rings (SSSR count). The minimum Gasteiger partial charge on any atom is -0.456 e. The summed E-state index contributed by atoms with van der Waals surface area (Å²) in [6.45, 7) is 3.78. The number of fused-ring (bicyclic) bond motifs is 7. The van der Waals surface area contributed by atoms with Crippen LogP contribution in [-0.4, -0.2) is 15.0 Å². The van der Waals surface area contributed by atoms with E-state index in [1.54, 1.807) is 6.08 Å². The van der Waals surface area contributed by atoms with E-state index in [1.165, 1.54) is 0 Å². The summed E-state index contributed by atoms with van der Waals surface area (Å²) in [4.78, 5) is 15.6. The van der Waals surface area contributed by atoms with Gasteiger partial charge in [0, 0.05) is 32.7 Å². The summed E-state index contributed by atoms with van der Waals surface area (Å²) in [6.07, 6.45) is 10.5. The molecule has 0 N–H and O–H groups in total. The van der Waals surface area contributed by atoms with Crippen LogP contribution < -0.4 is 0 Å². The zero-order valence-electron chi connectivity index (χ0n) is 26.5. The summed E-state index contributed by atoms with van der Waals surface area (Å²) < 4.78 is 12.8. The Morgan fingerprint density at radius 1 is 0.551 bits per heavy atom. The van der Waals surface area contributed by atoms with Gasteiger partial charge in [-0.25, -0.2) is 15.0 Å². The average molecular weight is 632 g/mol. The molecular formula is C44H29N3O2. The highest BCUT2D eigenvalue weighted by molar-refractivity contribution is 6.13. The number of benzene rings is 6. The van der Waals surface area contributed by atoms with Gasteiger partial charge in [0.15, 0.2) is 17.5 Å². The Labute approximate surface area is 282 Å². The van der Waals surface area contributed by atoms with Crippen molar-refractivity contribution in [2.24, 2.45) is 0 Å². The van der Waals surface area contributed by atoms with Gasteiger partial charge in [-0.1, -0.05) is 128 Å². The van der Waals surface area contributed by atoms with Crippen LogP contribution in [0.3, 0.4) is 0 Å². The van der Waals surface area contributed by atoms with Crippen LogP contribution in [0.4, 0.5) is 0 Å². The maximum absolute atomic E-state index is 6.47. The number of aromatic nitrogens is 3. The van der Waals surface area contributed by atoms with Crippen molar-refractivity contribution in [1.29, 1.82) is 0 Å². The summed E-state index contributed by atoms with van der Waals surface area (Å²) in [5.41, 5.74) is 6.87. The molecule has 0 radical (unpaired) electrons. The molecule has 6 aromatic carbocycles. The van der Waals surface area contributed by atoms with Gasteiger partial charge >= 0.3 is 0 Å². The smallest absolute Gasteiger partial charge is 0.167 e. The number of allylic oxidation sites excluding steroid dienone is 5. The van der Waals surface area contributed by atoms with Gasteiger partial charge in [0.1, 0.15) is 22.3 Å². The highest BCUT2D eigenvalue weighted by Crippen LogP contribution is 2.40. The summed E-state index contributed by atoms with van der Waals surface area (Å²) in [7, 11) is 0. The number of rotatable bonds is 7. The highest BCUT2D eigenvalue weighted by Gasteiger charge is 2.22. The van der Waals surface area contributed by atoms with E-state index in [0.29, 0.717) is 23.9 Å². The Morgan fingerprint density at radius 2 is 1.29 bits per heavy atom. The van der Waals surface area contributed by atoms with Crippen molar-refractivity contribution in [3.05, 3.63) is 164 Å². The Kier molecular flexibility index (Phi) is 6.95. The second-order valence-electron chi connectivity index (χ2n) is 12.0. The van der Waals surface area contributed by atoms with Gasteiger partial charge in [-0.05, 0) is 53.1 Å². The van der Waals surface area contributed by atoms with Crippen LogP contribution in [0, 0.1) is 0 Å². The average Bonchev–Trinajstić information content (AvgIpc) is 3.73. The van der Waals surface area contributed by atoms with Crippen LogP contribution in [0.2, 0.25) is 0 Å². The molecule has 0 fully saturated rings. The highest BCUT2D eigenvalue weighted by atomic mass is 16.3. The first-order chi connectivity index (χ1) is 24.2. The minimum absolute atomic E-state index is 0.540. The van der Waals surface area contributed by atoms with Crippen molar-refractivity contribution in [3.63, 3.8) is 0 Å². The molecule has 5 heteroatoms. The van der Waals surface area contributed by atoms with Crippen LogP contribution >= 0.6 is 0 Å². The van der Waals surface area contributed by atoms with Crippen molar-refractivity contribution in [1.82, 2.24) is 15.0 Å². The SMILES string of the molecule is C=C/C=C\C=C/Cc1ccc2oc3ccccc3c2c1-c1nc(-c2ccc3ccccc3c2)nc(-c2cccc3c2oc2ccccc23)n1. The van der Waals surface area contributed by atoms with Crippen LogP contribution in [0.25, 0.3) is 88.8 Å². The topological polar surface area (TPSA) is 65.0 Å². The number of nitrogens with zero attached hydrogens (tertiary/aromatic N) is 3. The molecule has 0 atom stereocenters. The largest absolute Gasteiger partial charge is 0.456 e. The third-order valence-electron chi connectivity index (χ3n) is 8.97. The van der Waals surface area contributed by atoms with E-state index in [4.69, 9.17) is 23.8 Å². The molecule has 0 aliphatic heterocycles. The molecule has 5 nitrogen and oxygen atoms in total. The molecule has 0 unspecified atom stereocenters. The molecule has 0 spiro atoms. The molecule has 0 amide bonds. The third-order valence-corrected chi connectivity index (χ3v) is 8.97. The molecule has 3 heterocycles. The molecule has 3 aromatic heterocycles.